The molecule has 2 heterocycles. The molecule has 2 bridgehead atoms. The van der Waals surface area contributed by atoms with E-state index in [9.17, 15) is 4.39 Å². The van der Waals surface area contributed by atoms with Crippen molar-refractivity contribution < 1.29 is 4.39 Å². The zero-order chi connectivity index (χ0) is 8.55. The van der Waals surface area contributed by atoms with Gasteiger partial charge in [-0.2, -0.15) is 0 Å². The van der Waals surface area contributed by atoms with E-state index >= 15 is 0 Å². The quantitative estimate of drug-likeness (QED) is 0.615. The average molecular weight is 171 g/mol. The van der Waals surface area contributed by atoms with Gasteiger partial charge >= 0.3 is 0 Å². The van der Waals surface area contributed by atoms with Crippen LogP contribution in [0.15, 0.2) is 0 Å². The van der Waals surface area contributed by atoms with Crippen molar-refractivity contribution in [3.8, 4) is 0 Å². The SMILES string of the molecule is C[C@H]1C[C@H]2CC[C@@H](C1)N2CCF. The molecule has 2 saturated heterocycles. The summed E-state index contributed by atoms with van der Waals surface area (Å²) in [6, 6.07) is 1.43. The van der Waals surface area contributed by atoms with Crippen molar-refractivity contribution in [2.75, 3.05) is 13.2 Å². The molecule has 0 aromatic carbocycles. The van der Waals surface area contributed by atoms with Gasteiger partial charge in [0.2, 0.25) is 0 Å². The van der Waals surface area contributed by atoms with Gasteiger partial charge in [-0.1, -0.05) is 6.92 Å². The summed E-state index contributed by atoms with van der Waals surface area (Å²) in [5.41, 5.74) is 0. The minimum absolute atomic E-state index is 0.165. The normalized spacial score (nSPS) is 42.0. The lowest BCUT2D eigenvalue weighted by Gasteiger charge is -2.37. The Morgan fingerprint density at radius 1 is 1.25 bits per heavy atom. The molecule has 0 spiro atoms. The summed E-state index contributed by atoms with van der Waals surface area (Å²) >= 11 is 0. The third kappa shape index (κ3) is 1.37. The molecule has 2 heteroatoms. The molecule has 2 aliphatic heterocycles. The van der Waals surface area contributed by atoms with Crippen LogP contribution in [0.4, 0.5) is 4.39 Å². The maximum absolute atomic E-state index is 12.2. The van der Waals surface area contributed by atoms with E-state index in [1.54, 1.807) is 0 Å². The van der Waals surface area contributed by atoms with Crippen LogP contribution in [0.2, 0.25) is 0 Å². The first-order valence-electron chi connectivity index (χ1n) is 5.13. The number of alkyl halides is 1. The highest BCUT2D eigenvalue weighted by atomic mass is 19.1. The molecule has 0 aromatic heterocycles. The topological polar surface area (TPSA) is 3.24 Å². The Morgan fingerprint density at radius 3 is 2.33 bits per heavy atom. The summed E-state index contributed by atoms with van der Waals surface area (Å²) in [5, 5.41) is 0. The number of nitrogens with zero attached hydrogens (tertiary/aromatic N) is 1. The lowest BCUT2D eigenvalue weighted by Crippen LogP contribution is -2.43. The number of piperidine rings is 1. The highest BCUT2D eigenvalue weighted by Crippen LogP contribution is 2.37. The van der Waals surface area contributed by atoms with Crippen molar-refractivity contribution in [2.45, 2.75) is 44.7 Å². The van der Waals surface area contributed by atoms with E-state index in [-0.39, 0.29) is 6.67 Å². The molecule has 0 saturated carbocycles. The molecule has 1 nitrogen and oxygen atoms in total. The molecule has 2 aliphatic rings. The fourth-order valence-corrected chi connectivity index (χ4v) is 3.01. The average Bonchev–Trinajstić information content (AvgIpc) is 2.32. The fourth-order valence-electron chi connectivity index (χ4n) is 3.01. The summed E-state index contributed by atoms with van der Waals surface area (Å²) in [5.74, 6) is 0.873. The van der Waals surface area contributed by atoms with E-state index in [0.717, 1.165) is 18.0 Å². The van der Waals surface area contributed by atoms with Gasteiger partial charge in [-0.3, -0.25) is 4.90 Å². The molecule has 0 N–H and O–H groups in total. The zero-order valence-corrected chi connectivity index (χ0v) is 7.80. The molecule has 70 valence electrons. The molecule has 12 heavy (non-hydrogen) atoms. The molecule has 3 atom stereocenters. The second kappa shape index (κ2) is 3.33. The lowest BCUT2D eigenvalue weighted by molar-refractivity contribution is 0.102. The van der Waals surface area contributed by atoms with Crippen LogP contribution in [-0.2, 0) is 0 Å². The first-order chi connectivity index (χ1) is 5.81. The lowest BCUT2D eigenvalue weighted by atomic mass is 9.92. The van der Waals surface area contributed by atoms with Crippen molar-refractivity contribution in [1.29, 1.82) is 0 Å². The molecule has 0 aromatic rings. The Balaban J connectivity index is 1.99. The van der Waals surface area contributed by atoms with E-state index in [2.05, 4.69) is 11.8 Å². The maximum Gasteiger partial charge on any atom is 0.102 e. The molecule has 0 radical (unpaired) electrons. The van der Waals surface area contributed by atoms with Crippen LogP contribution in [0.1, 0.15) is 32.6 Å². The zero-order valence-electron chi connectivity index (χ0n) is 7.80. The largest absolute Gasteiger partial charge is 0.295 e. The van der Waals surface area contributed by atoms with Crippen LogP contribution in [0.25, 0.3) is 0 Å². The number of fused-ring (bicyclic) bond motifs is 2. The van der Waals surface area contributed by atoms with Crippen LogP contribution in [-0.4, -0.2) is 30.2 Å². The summed E-state index contributed by atoms with van der Waals surface area (Å²) in [7, 11) is 0. The molecular weight excluding hydrogens is 153 g/mol. The van der Waals surface area contributed by atoms with Gasteiger partial charge in [0.1, 0.15) is 6.67 Å². The van der Waals surface area contributed by atoms with Gasteiger partial charge in [-0.25, -0.2) is 4.39 Å². The van der Waals surface area contributed by atoms with Gasteiger partial charge in [-0.15, -0.1) is 0 Å². The van der Waals surface area contributed by atoms with E-state index in [1.807, 2.05) is 0 Å². The van der Waals surface area contributed by atoms with Crippen molar-refractivity contribution in [2.24, 2.45) is 5.92 Å². The molecule has 0 amide bonds. The van der Waals surface area contributed by atoms with Gasteiger partial charge in [0.25, 0.3) is 0 Å². The predicted octanol–water partition coefficient (Wildman–Crippen LogP) is 2.22. The van der Waals surface area contributed by atoms with Crippen molar-refractivity contribution >= 4 is 0 Å². The standard InChI is InChI=1S/C10H18FN/c1-8-6-9-2-3-10(7-8)12(9)5-4-11/h8-10H,2-7H2,1H3/t8-,9+,10-. The second-order valence-electron chi connectivity index (χ2n) is 4.39. The summed E-state index contributed by atoms with van der Waals surface area (Å²) in [6.07, 6.45) is 5.23. The maximum atomic E-state index is 12.2. The fraction of sp³-hybridized carbons (Fsp3) is 1.00. The van der Waals surface area contributed by atoms with Gasteiger partial charge in [0, 0.05) is 18.6 Å². The van der Waals surface area contributed by atoms with Crippen LogP contribution in [0.3, 0.4) is 0 Å². The van der Waals surface area contributed by atoms with E-state index < -0.39 is 0 Å². The molecular formula is C10H18FN. The molecule has 0 aliphatic carbocycles. The van der Waals surface area contributed by atoms with Crippen molar-refractivity contribution in [1.82, 2.24) is 4.90 Å². The number of hydrogen-bond acceptors (Lipinski definition) is 1. The third-order valence-corrected chi connectivity index (χ3v) is 3.46. The van der Waals surface area contributed by atoms with E-state index in [4.69, 9.17) is 0 Å². The summed E-state index contributed by atoms with van der Waals surface area (Å²) < 4.78 is 12.2. The van der Waals surface area contributed by atoms with Crippen molar-refractivity contribution in [3.63, 3.8) is 0 Å². The summed E-state index contributed by atoms with van der Waals surface area (Å²) in [4.78, 5) is 2.40. The first-order valence-corrected chi connectivity index (χ1v) is 5.13. The smallest absolute Gasteiger partial charge is 0.102 e. The Hall–Kier alpha value is -0.110. The van der Waals surface area contributed by atoms with E-state index in [0.29, 0.717) is 6.54 Å². The van der Waals surface area contributed by atoms with Gasteiger partial charge in [0.05, 0.1) is 0 Å². The Labute approximate surface area is 73.9 Å². The first kappa shape index (κ1) is 8.49. The molecule has 2 rings (SSSR count). The predicted molar refractivity (Wildman–Crippen MR) is 47.9 cm³/mol. The monoisotopic (exact) mass is 171 g/mol. The number of hydrogen-bond donors (Lipinski definition) is 0. The number of rotatable bonds is 2. The highest BCUT2D eigenvalue weighted by Gasteiger charge is 2.38. The summed E-state index contributed by atoms with van der Waals surface area (Å²) in [6.45, 7) is 2.85. The Bertz CT molecular complexity index is 146. The van der Waals surface area contributed by atoms with Crippen LogP contribution in [0.5, 0.6) is 0 Å². The van der Waals surface area contributed by atoms with Crippen LogP contribution < -0.4 is 0 Å². The van der Waals surface area contributed by atoms with Gasteiger partial charge < -0.3 is 0 Å². The van der Waals surface area contributed by atoms with Crippen molar-refractivity contribution in [3.05, 3.63) is 0 Å². The Morgan fingerprint density at radius 2 is 1.83 bits per heavy atom. The minimum Gasteiger partial charge on any atom is -0.295 e. The molecule has 0 unspecified atom stereocenters. The second-order valence-corrected chi connectivity index (χ2v) is 4.39. The highest BCUT2D eigenvalue weighted by molar-refractivity contribution is 4.93. The van der Waals surface area contributed by atoms with E-state index in [1.165, 1.54) is 25.7 Å². The third-order valence-electron chi connectivity index (χ3n) is 3.46. The van der Waals surface area contributed by atoms with Crippen LogP contribution >= 0.6 is 0 Å². The number of halogens is 1. The van der Waals surface area contributed by atoms with Crippen LogP contribution in [0, 0.1) is 5.92 Å². The van der Waals surface area contributed by atoms with Gasteiger partial charge in [-0.05, 0) is 31.6 Å². The Kier molecular flexibility index (Phi) is 2.35. The van der Waals surface area contributed by atoms with Gasteiger partial charge in [0.15, 0.2) is 0 Å². The minimum atomic E-state index is -0.165. The molecule has 2 fully saturated rings.